The molecule has 0 saturated carbocycles. The van der Waals surface area contributed by atoms with Gasteiger partial charge in [0.2, 0.25) is 0 Å². The first-order valence-electron chi connectivity index (χ1n) is 6.40. The molecular weight excluding hydrogens is 272 g/mol. The van der Waals surface area contributed by atoms with Crippen molar-refractivity contribution in [1.29, 1.82) is 0 Å². The number of hydrogen-bond acceptors (Lipinski definition) is 5. The van der Waals surface area contributed by atoms with Gasteiger partial charge in [0, 0.05) is 11.3 Å². The van der Waals surface area contributed by atoms with Crippen LogP contribution in [0.25, 0.3) is 0 Å². The van der Waals surface area contributed by atoms with Crippen molar-refractivity contribution in [3.63, 3.8) is 0 Å². The van der Waals surface area contributed by atoms with Crippen LogP contribution in [0.5, 0.6) is 5.75 Å². The highest BCUT2D eigenvalue weighted by atomic mass is 32.1. The molecule has 0 aliphatic heterocycles. The number of thiazole rings is 1. The average molecular weight is 290 g/mol. The molecule has 1 aromatic heterocycles. The van der Waals surface area contributed by atoms with E-state index in [9.17, 15) is 0 Å². The van der Waals surface area contributed by atoms with Gasteiger partial charge in [-0.1, -0.05) is 17.3 Å². The van der Waals surface area contributed by atoms with Gasteiger partial charge in [0.25, 0.3) is 0 Å². The Balaban J connectivity index is 1.93. The Morgan fingerprint density at radius 2 is 2.00 bits per heavy atom. The highest BCUT2D eigenvalue weighted by Crippen LogP contribution is 2.19. The highest BCUT2D eigenvalue weighted by molar-refractivity contribution is 7.11. The quantitative estimate of drug-likeness (QED) is 0.518. The van der Waals surface area contributed by atoms with Crippen molar-refractivity contribution in [2.45, 2.75) is 33.8 Å². The summed E-state index contributed by atoms with van der Waals surface area (Å²) in [5.41, 5.74) is 2.85. The second kappa shape index (κ2) is 6.52. The summed E-state index contributed by atoms with van der Waals surface area (Å²) in [5.74, 6) is 0.817. The van der Waals surface area contributed by atoms with Gasteiger partial charge in [0.15, 0.2) is 0 Å². The fourth-order valence-corrected chi connectivity index (χ4v) is 2.63. The fourth-order valence-electron chi connectivity index (χ4n) is 1.78. The van der Waals surface area contributed by atoms with Crippen LogP contribution in [0.4, 0.5) is 0 Å². The van der Waals surface area contributed by atoms with Crippen molar-refractivity contribution in [3.05, 3.63) is 45.4 Å². The fraction of sp³-hybridized carbons (Fsp3) is 0.333. The third kappa shape index (κ3) is 3.81. The van der Waals surface area contributed by atoms with Crippen molar-refractivity contribution < 1.29 is 9.94 Å². The Morgan fingerprint density at radius 3 is 2.55 bits per heavy atom. The minimum Gasteiger partial charge on any atom is -0.486 e. The number of aryl methyl sites for hydroxylation is 2. The van der Waals surface area contributed by atoms with E-state index in [2.05, 4.69) is 17.1 Å². The van der Waals surface area contributed by atoms with Crippen molar-refractivity contribution in [3.8, 4) is 5.75 Å². The molecule has 1 N–H and O–H groups in total. The normalized spacial score (nSPS) is 11.7. The summed E-state index contributed by atoms with van der Waals surface area (Å²) in [5, 5.41) is 12.8. The van der Waals surface area contributed by atoms with Crippen molar-refractivity contribution in [2.75, 3.05) is 0 Å². The minimum atomic E-state index is 0.496. The summed E-state index contributed by atoms with van der Waals surface area (Å²) >= 11 is 1.67. The molecular formula is C15H18N2O2S. The molecule has 2 rings (SSSR count). The first kappa shape index (κ1) is 14.5. The topological polar surface area (TPSA) is 54.7 Å². The van der Waals surface area contributed by atoms with E-state index in [0.29, 0.717) is 18.7 Å². The maximum absolute atomic E-state index is 8.64. The van der Waals surface area contributed by atoms with Crippen molar-refractivity contribution in [2.24, 2.45) is 5.16 Å². The molecule has 4 nitrogen and oxygen atoms in total. The monoisotopic (exact) mass is 290 g/mol. The number of ether oxygens (including phenoxy) is 1. The molecule has 2 aromatic rings. The van der Waals surface area contributed by atoms with Crippen molar-refractivity contribution >= 4 is 17.0 Å². The SMILES string of the molecule is C/C(Cc1ccc(OCc2nc(C)c(C)s2)cc1)=N/O. The summed E-state index contributed by atoms with van der Waals surface area (Å²) in [7, 11) is 0. The van der Waals surface area contributed by atoms with Crippen LogP contribution in [-0.4, -0.2) is 15.9 Å². The Morgan fingerprint density at radius 1 is 1.30 bits per heavy atom. The van der Waals surface area contributed by atoms with E-state index in [0.717, 1.165) is 22.0 Å². The van der Waals surface area contributed by atoms with Gasteiger partial charge in [0.05, 0.1) is 11.4 Å². The molecule has 106 valence electrons. The second-order valence-corrected chi connectivity index (χ2v) is 5.98. The first-order valence-corrected chi connectivity index (χ1v) is 7.22. The van der Waals surface area contributed by atoms with Crippen LogP contribution >= 0.6 is 11.3 Å². The predicted octanol–water partition coefficient (Wildman–Crippen LogP) is 3.73. The van der Waals surface area contributed by atoms with Crippen LogP contribution in [0.1, 0.15) is 28.1 Å². The lowest BCUT2D eigenvalue weighted by molar-refractivity contribution is 0.305. The van der Waals surface area contributed by atoms with E-state index in [4.69, 9.17) is 9.94 Å². The number of aromatic nitrogens is 1. The first-order chi connectivity index (χ1) is 9.58. The number of nitrogens with zero attached hydrogens (tertiary/aromatic N) is 2. The molecule has 5 heteroatoms. The van der Waals surface area contributed by atoms with Crippen LogP contribution in [-0.2, 0) is 13.0 Å². The number of hydrogen-bond donors (Lipinski definition) is 1. The summed E-state index contributed by atoms with van der Waals surface area (Å²) in [6.45, 7) is 6.36. The molecule has 0 fully saturated rings. The van der Waals surface area contributed by atoms with Crippen LogP contribution in [0.3, 0.4) is 0 Å². The largest absolute Gasteiger partial charge is 0.486 e. The van der Waals surface area contributed by atoms with E-state index in [1.165, 1.54) is 4.88 Å². The van der Waals surface area contributed by atoms with Gasteiger partial charge in [-0.25, -0.2) is 4.98 Å². The zero-order valence-electron chi connectivity index (χ0n) is 11.9. The molecule has 20 heavy (non-hydrogen) atoms. The average Bonchev–Trinajstić information content (AvgIpc) is 2.77. The molecule has 0 radical (unpaired) electrons. The number of benzene rings is 1. The molecule has 1 aromatic carbocycles. The smallest absolute Gasteiger partial charge is 0.140 e. The Kier molecular flexibility index (Phi) is 4.74. The van der Waals surface area contributed by atoms with Gasteiger partial charge in [0.1, 0.15) is 17.4 Å². The Hall–Kier alpha value is -1.88. The molecule has 0 bridgehead atoms. The molecule has 0 saturated heterocycles. The summed E-state index contributed by atoms with van der Waals surface area (Å²) in [4.78, 5) is 5.68. The van der Waals surface area contributed by atoms with E-state index in [1.807, 2.05) is 31.2 Å². The highest BCUT2D eigenvalue weighted by Gasteiger charge is 2.04. The molecule has 0 amide bonds. The van der Waals surface area contributed by atoms with Gasteiger partial charge in [-0.3, -0.25) is 0 Å². The third-order valence-corrected chi connectivity index (χ3v) is 4.04. The van der Waals surface area contributed by atoms with Gasteiger partial charge in [-0.05, 0) is 38.5 Å². The zero-order chi connectivity index (χ0) is 14.5. The molecule has 1 heterocycles. The standard InChI is InChI=1S/C15H18N2O2S/c1-10(17-18)8-13-4-6-14(7-5-13)19-9-15-16-11(2)12(3)20-15/h4-7,18H,8-9H2,1-3H3/b17-10-. The number of oxime groups is 1. The summed E-state index contributed by atoms with van der Waals surface area (Å²) in [6.07, 6.45) is 0.641. The zero-order valence-corrected chi connectivity index (χ0v) is 12.7. The van der Waals surface area contributed by atoms with Crippen LogP contribution in [0.15, 0.2) is 29.4 Å². The third-order valence-electron chi connectivity index (χ3n) is 2.99. The van der Waals surface area contributed by atoms with E-state index in [-0.39, 0.29) is 0 Å². The van der Waals surface area contributed by atoms with Crippen LogP contribution in [0, 0.1) is 13.8 Å². The van der Waals surface area contributed by atoms with Crippen LogP contribution < -0.4 is 4.74 Å². The lowest BCUT2D eigenvalue weighted by Crippen LogP contribution is -1.98. The van der Waals surface area contributed by atoms with Gasteiger partial charge < -0.3 is 9.94 Å². The molecule has 0 aliphatic carbocycles. The maximum Gasteiger partial charge on any atom is 0.140 e. The molecule has 0 unspecified atom stereocenters. The molecule has 0 aliphatic rings. The lowest BCUT2D eigenvalue weighted by atomic mass is 10.1. The summed E-state index contributed by atoms with van der Waals surface area (Å²) in [6, 6.07) is 7.80. The number of rotatable bonds is 5. The molecule has 0 atom stereocenters. The van der Waals surface area contributed by atoms with E-state index >= 15 is 0 Å². The van der Waals surface area contributed by atoms with E-state index in [1.54, 1.807) is 18.3 Å². The lowest BCUT2D eigenvalue weighted by Gasteiger charge is -2.05. The molecule has 0 spiro atoms. The van der Waals surface area contributed by atoms with Gasteiger partial charge >= 0.3 is 0 Å². The summed E-state index contributed by atoms with van der Waals surface area (Å²) < 4.78 is 5.71. The van der Waals surface area contributed by atoms with Gasteiger partial charge in [-0.2, -0.15) is 0 Å². The van der Waals surface area contributed by atoms with E-state index < -0.39 is 0 Å². The van der Waals surface area contributed by atoms with Crippen molar-refractivity contribution in [1.82, 2.24) is 4.98 Å². The maximum atomic E-state index is 8.64. The Labute approximate surface area is 122 Å². The Bertz CT molecular complexity index is 583. The van der Waals surface area contributed by atoms with Crippen LogP contribution in [0.2, 0.25) is 0 Å². The minimum absolute atomic E-state index is 0.496. The second-order valence-electron chi connectivity index (χ2n) is 4.69. The van der Waals surface area contributed by atoms with Gasteiger partial charge in [-0.15, -0.1) is 11.3 Å². The predicted molar refractivity (Wildman–Crippen MR) is 81.0 cm³/mol.